The minimum absolute atomic E-state index is 0.178. The molecule has 164 valence electrons. The molecule has 1 heterocycles. The molecule has 7 heteroatoms. The van der Waals surface area contributed by atoms with Crippen LogP contribution in [-0.4, -0.2) is 27.1 Å². The van der Waals surface area contributed by atoms with Crippen LogP contribution in [-0.2, 0) is 6.61 Å². The normalized spacial score (nSPS) is 13.5. The van der Waals surface area contributed by atoms with Crippen LogP contribution in [0, 0.1) is 0 Å². The molecule has 1 aliphatic rings. The van der Waals surface area contributed by atoms with Gasteiger partial charge in [0.1, 0.15) is 18.1 Å². The van der Waals surface area contributed by atoms with E-state index < -0.39 is 0 Å². The molecule has 0 atom stereocenters. The van der Waals surface area contributed by atoms with Crippen molar-refractivity contribution in [2.24, 2.45) is 0 Å². The fourth-order valence-corrected chi connectivity index (χ4v) is 3.64. The maximum atomic E-state index is 12.9. The van der Waals surface area contributed by atoms with E-state index in [1.165, 1.54) is 14.2 Å². The van der Waals surface area contributed by atoms with E-state index in [1.54, 1.807) is 49.6 Å². The van der Waals surface area contributed by atoms with Crippen LogP contribution in [0.1, 0.15) is 21.5 Å². The van der Waals surface area contributed by atoms with Crippen molar-refractivity contribution in [2.75, 3.05) is 21.3 Å². The van der Waals surface area contributed by atoms with Gasteiger partial charge in [0.15, 0.2) is 17.3 Å². The fraction of sp³-hybridized carbons (Fsp3) is 0.160. The van der Waals surface area contributed by atoms with Crippen molar-refractivity contribution in [3.8, 4) is 28.7 Å². The second-order valence-corrected chi connectivity index (χ2v) is 7.38. The van der Waals surface area contributed by atoms with E-state index in [9.17, 15) is 4.79 Å². The zero-order valence-corrected chi connectivity index (χ0v) is 18.6. The number of rotatable bonds is 7. The van der Waals surface area contributed by atoms with Crippen molar-refractivity contribution in [1.82, 2.24) is 0 Å². The summed E-state index contributed by atoms with van der Waals surface area (Å²) in [6, 6.07) is 16.1. The van der Waals surface area contributed by atoms with Crippen LogP contribution in [0.2, 0.25) is 5.02 Å². The number of Topliss-reactive ketones (excluding diaryl/α,β-unsaturated/α-hetero) is 1. The van der Waals surface area contributed by atoms with Crippen LogP contribution in [0.5, 0.6) is 28.7 Å². The van der Waals surface area contributed by atoms with Crippen molar-refractivity contribution in [3.63, 3.8) is 0 Å². The highest BCUT2D eigenvalue weighted by Gasteiger charge is 2.28. The SMILES string of the molecule is COc1ccc(C=C2Oc3cc(OCc4cccc(Cl)c4)ccc3C2=O)c(OC)c1OC. The molecule has 0 spiro atoms. The van der Waals surface area contributed by atoms with Gasteiger partial charge in [0.05, 0.1) is 26.9 Å². The fourth-order valence-electron chi connectivity index (χ4n) is 3.43. The summed E-state index contributed by atoms with van der Waals surface area (Å²) in [6.45, 7) is 0.346. The predicted octanol–water partition coefficient (Wildman–Crippen LogP) is 5.56. The molecule has 32 heavy (non-hydrogen) atoms. The molecule has 3 aromatic carbocycles. The molecule has 4 rings (SSSR count). The van der Waals surface area contributed by atoms with E-state index in [4.69, 9.17) is 35.3 Å². The zero-order valence-electron chi connectivity index (χ0n) is 17.8. The molecule has 6 nitrogen and oxygen atoms in total. The first-order valence-corrected chi connectivity index (χ1v) is 10.2. The number of carbonyl (C=O) groups is 1. The van der Waals surface area contributed by atoms with Crippen molar-refractivity contribution in [3.05, 3.63) is 82.1 Å². The van der Waals surface area contributed by atoms with E-state index in [-0.39, 0.29) is 11.5 Å². The number of halogens is 1. The number of benzene rings is 3. The third kappa shape index (κ3) is 4.22. The Kier molecular flexibility index (Phi) is 6.23. The predicted molar refractivity (Wildman–Crippen MR) is 121 cm³/mol. The molecule has 1 aliphatic heterocycles. The number of fused-ring (bicyclic) bond motifs is 1. The van der Waals surface area contributed by atoms with Crippen LogP contribution in [0.3, 0.4) is 0 Å². The lowest BCUT2D eigenvalue weighted by Crippen LogP contribution is -2.00. The maximum absolute atomic E-state index is 12.9. The van der Waals surface area contributed by atoms with Crippen molar-refractivity contribution in [1.29, 1.82) is 0 Å². The number of hydrogen-bond donors (Lipinski definition) is 0. The lowest BCUT2D eigenvalue weighted by atomic mass is 10.1. The molecule has 0 N–H and O–H groups in total. The highest BCUT2D eigenvalue weighted by molar-refractivity contribution is 6.30. The van der Waals surface area contributed by atoms with Gasteiger partial charge >= 0.3 is 0 Å². The Labute approximate surface area is 190 Å². The van der Waals surface area contributed by atoms with Gasteiger partial charge in [-0.05, 0) is 48.0 Å². The van der Waals surface area contributed by atoms with Crippen LogP contribution >= 0.6 is 11.6 Å². The second-order valence-electron chi connectivity index (χ2n) is 6.94. The van der Waals surface area contributed by atoms with Crippen molar-refractivity contribution in [2.45, 2.75) is 6.61 Å². The highest BCUT2D eigenvalue weighted by atomic mass is 35.5. The van der Waals surface area contributed by atoms with E-state index in [1.807, 2.05) is 18.2 Å². The quantitative estimate of drug-likeness (QED) is 0.437. The monoisotopic (exact) mass is 452 g/mol. The average Bonchev–Trinajstić information content (AvgIpc) is 3.11. The summed E-state index contributed by atoms with van der Waals surface area (Å²) in [4.78, 5) is 12.9. The van der Waals surface area contributed by atoms with Gasteiger partial charge in [0, 0.05) is 16.7 Å². The van der Waals surface area contributed by atoms with E-state index >= 15 is 0 Å². The summed E-state index contributed by atoms with van der Waals surface area (Å²) in [5, 5.41) is 0.648. The maximum Gasteiger partial charge on any atom is 0.231 e. The Hall–Kier alpha value is -3.64. The molecular weight excluding hydrogens is 432 g/mol. The highest BCUT2D eigenvalue weighted by Crippen LogP contribution is 2.42. The lowest BCUT2D eigenvalue weighted by molar-refractivity contribution is 0.101. The summed E-state index contributed by atoms with van der Waals surface area (Å²) in [7, 11) is 4.59. The van der Waals surface area contributed by atoms with Gasteiger partial charge in [-0.15, -0.1) is 0 Å². The van der Waals surface area contributed by atoms with Gasteiger partial charge in [-0.3, -0.25) is 4.79 Å². The standard InChI is InChI=1S/C25H21ClO6/c1-28-20-10-7-16(24(29-2)25(20)30-3)12-22-23(27)19-9-8-18(13-21(19)32-22)31-14-15-5-4-6-17(26)11-15/h4-13H,14H2,1-3H3. The summed E-state index contributed by atoms with van der Waals surface area (Å²) >= 11 is 6.02. The van der Waals surface area contributed by atoms with Crippen LogP contribution in [0.25, 0.3) is 6.08 Å². The summed E-state index contributed by atoms with van der Waals surface area (Å²) < 4.78 is 27.9. The topological polar surface area (TPSA) is 63.2 Å². The Balaban J connectivity index is 1.57. The lowest BCUT2D eigenvalue weighted by Gasteiger charge is -2.14. The molecule has 0 aliphatic carbocycles. The van der Waals surface area contributed by atoms with Crippen LogP contribution in [0.15, 0.2) is 60.4 Å². The van der Waals surface area contributed by atoms with Gasteiger partial charge in [-0.25, -0.2) is 0 Å². The van der Waals surface area contributed by atoms with Gasteiger partial charge in [0.25, 0.3) is 0 Å². The molecule has 0 saturated heterocycles. The minimum Gasteiger partial charge on any atom is -0.493 e. The van der Waals surface area contributed by atoms with Gasteiger partial charge in [-0.1, -0.05) is 23.7 Å². The Morgan fingerprint density at radius 3 is 2.47 bits per heavy atom. The molecule has 3 aromatic rings. The van der Waals surface area contributed by atoms with E-state index in [0.717, 1.165) is 5.56 Å². The third-order valence-corrected chi connectivity index (χ3v) is 5.19. The number of allylic oxidation sites excluding steroid dienone is 1. The summed E-state index contributed by atoms with van der Waals surface area (Å²) in [5.41, 5.74) is 2.03. The van der Waals surface area contributed by atoms with E-state index in [2.05, 4.69) is 0 Å². The first-order valence-electron chi connectivity index (χ1n) is 9.78. The summed E-state index contributed by atoms with van der Waals surface area (Å²) in [5.74, 6) is 2.37. The number of hydrogen-bond acceptors (Lipinski definition) is 6. The van der Waals surface area contributed by atoms with Gasteiger partial charge in [0.2, 0.25) is 11.5 Å². The molecule has 0 saturated carbocycles. The van der Waals surface area contributed by atoms with Crippen molar-refractivity contribution >= 4 is 23.5 Å². The molecule has 0 radical (unpaired) electrons. The smallest absolute Gasteiger partial charge is 0.231 e. The zero-order chi connectivity index (χ0) is 22.7. The van der Waals surface area contributed by atoms with Gasteiger partial charge < -0.3 is 23.7 Å². The van der Waals surface area contributed by atoms with E-state index in [0.29, 0.717) is 51.5 Å². The number of ether oxygens (including phenoxy) is 5. The molecule has 0 bridgehead atoms. The number of carbonyl (C=O) groups excluding carboxylic acids is 1. The average molecular weight is 453 g/mol. The second kappa shape index (κ2) is 9.24. The Bertz CT molecular complexity index is 1200. The molecule has 0 fully saturated rings. The first kappa shape index (κ1) is 21.6. The molecule has 0 amide bonds. The largest absolute Gasteiger partial charge is 0.493 e. The molecular formula is C25H21ClO6. The Morgan fingerprint density at radius 1 is 0.938 bits per heavy atom. The van der Waals surface area contributed by atoms with Crippen LogP contribution < -0.4 is 23.7 Å². The van der Waals surface area contributed by atoms with Crippen molar-refractivity contribution < 1.29 is 28.5 Å². The first-order chi connectivity index (χ1) is 15.5. The van der Waals surface area contributed by atoms with Crippen LogP contribution in [0.4, 0.5) is 0 Å². The number of methoxy groups -OCH3 is 3. The summed E-state index contributed by atoms with van der Waals surface area (Å²) in [6.07, 6.45) is 1.62. The molecule has 0 unspecified atom stereocenters. The molecule has 0 aromatic heterocycles. The van der Waals surface area contributed by atoms with Gasteiger partial charge in [-0.2, -0.15) is 0 Å². The third-order valence-electron chi connectivity index (χ3n) is 4.96. The minimum atomic E-state index is -0.224. The Morgan fingerprint density at radius 2 is 1.75 bits per heavy atom. The number of ketones is 1.